The molecule has 0 aromatic heterocycles. The van der Waals surface area contributed by atoms with Crippen molar-refractivity contribution in [3.8, 4) is 5.75 Å². The Hall–Kier alpha value is -2.58. The predicted molar refractivity (Wildman–Crippen MR) is 118 cm³/mol. The Kier molecular flexibility index (Phi) is 5.84. The minimum atomic E-state index is -3.58. The minimum absolute atomic E-state index is 0.174. The maximum atomic E-state index is 12.9. The van der Waals surface area contributed by atoms with Crippen molar-refractivity contribution >= 4 is 21.8 Å². The number of hydrogen-bond acceptors (Lipinski definition) is 4. The highest BCUT2D eigenvalue weighted by Crippen LogP contribution is 2.40. The third-order valence-electron chi connectivity index (χ3n) is 5.23. The van der Waals surface area contributed by atoms with Crippen molar-refractivity contribution in [2.24, 2.45) is 0 Å². The molecule has 0 radical (unpaired) electrons. The van der Waals surface area contributed by atoms with Crippen molar-refractivity contribution in [2.45, 2.75) is 38.8 Å². The van der Waals surface area contributed by atoms with Crippen LogP contribution in [0.25, 0.3) is 0 Å². The average molecular weight is 432 g/mol. The first kappa shape index (κ1) is 22.1. The summed E-state index contributed by atoms with van der Waals surface area (Å²) in [5.41, 5.74) is 2.62. The predicted octanol–water partition coefficient (Wildman–Crippen LogP) is 3.27. The van der Waals surface area contributed by atoms with Crippen LogP contribution in [0.3, 0.4) is 0 Å². The fraction of sp³-hybridized carbons (Fsp3) is 0.409. The van der Waals surface area contributed by atoms with Crippen LogP contribution >= 0.6 is 0 Å². The van der Waals surface area contributed by atoms with Crippen LogP contribution in [0.5, 0.6) is 5.75 Å². The molecule has 30 heavy (non-hydrogen) atoms. The molecule has 1 heterocycles. The zero-order valence-electron chi connectivity index (χ0n) is 18.3. The second-order valence-electron chi connectivity index (χ2n) is 8.44. The van der Waals surface area contributed by atoms with Crippen LogP contribution in [-0.4, -0.2) is 45.4 Å². The Morgan fingerprint density at radius 1 is 1.10 bits per heavy atom. The molecule has 8 heteroatoms. The van der Waals surface area contributed by atoms with Crippen molar-refractivity contribution in [1.29, 1.82) is 0 Å². The first-order chi connectivity index (χ1) is 13.9. The zero-order valence-corrected chi connectivity index (χ0v) is 19.1. The van der Waals surface area contributed by atoms with Gasteiger partial charge in [-0.2, -0.15) is 12.7 Å². The van der Waals surface area contributed by atoms with Gasteiger partial charge in [-0.15, -0.1) is 0 Å². The van der Waals surface area contributed by atoms with Crippen LogP contribution in [0, 0.1) is 6.92 Å². The Morgan fingerprint density at radius 2 is 1.73 bits per heavy atom. The van der Waals surface area contributed by atoms with E-state index in [0.29, 0.717) is 17.7 Å². The number of anilines is 1. The normalized spacial score (nSPS) is 17.8. The summed E-state index contributed by atoms with van der Waals surface area (Å²) in [4.78, 5) is 12.9. The number of nitrogens with zero attached hydrogens (tertiary/aromatic N) is 2. The number of rotatable bonds is 5. The Morgan fingerprint density at radius 3 is 2.33 bits per heavy atom. The second kappa shape index (κ2) is 7.92. The van der Waals surface area contributed by atoms with E-state index in [0.717, 1.165) is 21.2 Å². The number of amides is 1. The van der Waals surface area contributed by atoms with Crippen molar-refractivity contribution < 1.29 is 17.9 Å². The molecule has 0 aliphatic carbocycles. The number of carbonyl (C=O) groups excluding carboxylic acids is 1. The van der Waals surface area contributed by atoms with Gasteiger partial charge in [-0.25, -0.2) is 0 Å². The number of fused-ring (bicyclic) bond motifs is 1. The van der Waals surface area contributed by atoms with Gasteiger partial charge in [-0.05, 0) is 51.1 Å². The molecule has 0 fully saturated rings. The Balaban J connectivity index is 1.81. The minimum Gasteiger partial charge on any atom is -0.487 e. The number of hydrogen-bond donors (Lipinski definition) is 1. The molecular weight excluding hydrogens is 402 g/mol. The summed E-state index contributed by atoms with van der Waals surface area (Å²) in [6.45, 7) is 6.02. The van der Waals surface area contributed by atoms with Gasteiger partial charge in [0.2, 0.25) is 0 Å². The fourth-order valence-corrected chi connectivity index (χ4v) is 4.42. The third kappa shape index (κ3) is 4.44. The van der Waals surface area contributed by atoms with Gasteiger partial charge >= 0.3 is 10.2 Å². The second-order valence-corrected chi connectivity index (χ2v) is 10.6. The maximum Gasteiger partial charge on any atom is 0.303 e. The third-order valence-corrected chi connectivity index (χ3v) is 7.05. The number of nitrogens with one attached hydrogen (secondary N) is 1. The van der Waals surface area contributed by atoms with Gasteiger partial charge in [-0.1, -0.05) is 17.7 Å². The van der Waals surface area contributed by atoms with Crippen LogP contribution < -0.4 is 14.4 Å². The summed E-state index contributed by atoms with van der Waals surface area (Å²) in [7, 11) is 0.845. The lowest BCUT2D eigenvalue weighted by Crippen LogP contribution is -2.41. The van der Waals surface area contributed by atoms with E-state index in [9.17, 15) is 13.2 Å². The molecule has 2 aromatic carbocycles. The van der Waals surface area contributed by atoms with E-state index in [1.165, 1.54) is 25.4 Å². The van der Waals surface area contributed by atoms with Crippen molar-refractivity contribution in [3.63, 3.8) is 0 Å². The van der Waals surface area contributed by atoms with Gasteiger partial charge in [0, 0.05) is 38.7 Å². The van der Waals surface area contributed by atoms with Gasteiger partial charge < -0.3 is 10.1 Å². The lowest BCUT2D eigenvalue weighted by atomic mass is 9.88. The van der Waals surface area contributed by atoms with E-state index in [1.54, 1.807) is 24.3 Å². The van der Waals surface area contributed by atoms with Crippen molar-refractivity contribution in [2.75, 3.05) is 25.4 Å². The van der Waals surface area contributed by atoms with Crippen LogP contribution in [-0.2, 0) is 10.2 Å². The first-order valence-corrected chi connectivity index (χ1v) is 11.2. The van der Waals surface area contributed by atoms with E-state index in [-0.39, 0.29) is 11.9 Å². The number of ether oxygens (including phenoxy) is 1. The summed E-state index contributed by atoms with van der Waals surface area (Å²) in [5, 5.41) is 3.11. The summed E-state index contributed by atoms with van der Waals surface area (Å²) in [6.07, 6.45) is 0.650. The molecule has 0 bridgehead atoms. The standard InChI is InChI=1S/C22H29N3O4S/c1-15-7-12-20-18(13-15)19(14-22(2,3)29-20)23-21(26)16-8-10-17(11-9-16)25(6)30(27,28)24(4)5/h7-13,19H,14H2,1-6H3,(H,23,26)/t19-/m0/s1. The number of benzene rings is 2. The SMILES string of the molecule is Cc1ccc2c(c1)[C@@H](NC(=O)c1ccc(N(C)S(=O)(=O)N(C)C)cc1)CC(C)(C)O2. The summed E-state index contributed by atoms with van der Waals surface area (Å²) in [6, 6.07) is 12.3. The molecule has 1 atom stereocenters. The van der Waals surface area contributed by atoms with Gasteiger partial charge in [0.15, 0.2) is 0 Å². The van der Waals surface area contributed by atoms with Gasteiger partial charge in [0.25, 0.3) is 5.91 Å². The molecule has 0 unspecified atom stereocenters. The Bertz CT molecular complexity index is 1050. The molecule has 162 valence electrons. The Labute approximate surface area is 178 Å². The highest BCUT2D eigenvalue weighted by molar-refractivity contribution is 7.90. The highest BCUT2D eigenvalue weighted by Gasteiger charge is 2.34. The number of carbonyl (C=O) groups is 1. The quantitative estimate of drug-likeness (QED) is 0.788. The lowest BCUT2D eigenvalue weighted by Gasteiger charge is -2.38. The maximum absolute atomic E-state index is 12.9. The highest BCUT2D eigenvalue weighted by atomic mass is 32.2. The van der Waals surface area contributed by atoms with Crippen LogP contribution in [0.1, 0.15) is 47.8 Å². The lowest BCUT2D eigenvalue weighted by molar-refractivity contribution is 0.0619. The van der Waals surface area contributed by atoms with Gasteiger partial charge in [0.05, 0.1) is 11.7 Å². The zero-order chi connectivity index (χ0) is 22.3. The summed E-state index contributed by atoms with van der Waals surface area (Å²) >= 11 is 0. The summed E-state index contributed by atoms with van der Waals surface area (Å²) < 4.78 is 32.9. The van der Waals surface area contributed by atoms with E-state index in [4.69, 9.17) is 4.74 Å². The molecule has 1 aliphatic heterocycles. The van der Waals surface area contributed by atoms with Crippen LogP contribution in [0.2, 0.25) is 0 Å². The molecular formula is C22H29N3O4S. The van der Waals surface area contributed by atoms with E-state index in [2.05, 4.69) is 5.32 Å². The van der Waals surface area contributed by atoms with Crippen LogP contribution in [0.15, 0.2) is 42.5 Å². The first-order valence-electron chi connectivity index (χ1n) is 9.77. The summed E-state index contributed by atoms with van der Waals surface area (Å²) in [5.74, 6) is 0.572. The molecule has 2 aromatic rings. The largest absolute Gasteiger partial charge is 0.487 e. The fourth-order valence-electron chi connectivity index (χ4n) is 3.55. The molecule has 1 amide bonds. The van der Waals surface area contributed by atoms with Crippen LogP contribution in [0.4, 0.5) is 5.69 Å². The van der Waals surface area contributed by atoms with Gasteiger partial charge in [-0.3, -0.25) is 9.10 Å². The smallest absolute Gasteiger partial charge is 0.303 e. The topological polar surface area (TPSA) is 79.0 Å². The average Bonchev–Trinajstić information content (AvgIpc) is 2.67. The van der Waals surface area contributed by atoms with E-state index >= 15 is 0 Å². The van der Waals surface area contributed by atoms with E-state index in [1.807, 2.05) is 39.0 Å². The number of aryl methyl sites for hydroxylation is 1. The molecule has 1 aliphatic rings. The van der Waals surface area contributed by atoms with E-state index < -0.39 is 15.8 Å². The molecule has 7 nitrogen and oxygen atoms in total. The molecule has 0 spiro atoms. The van der Waals surface area contributed by atoms with Crippen molar-refractivity contribution in [1.82, 2.24) is 9.62 Å². The van der Waals surface area contributed by atoms with Gasteiger partial charge in [0.1, 0.15) is 11.4 Å². The molecule has 0 saturated heterocycles. The van der Waals surface area contributed by atoms with Crippen molar-refractivity contribution in [3.05, 3.63) is 59.2 Å². The molecule has 0 saturated carbocycles. The molecule has 1 N–H and O–H groups in total. The molecule has 3 rings (SSSR count). The monoisotopic (exact) mass is 431 g/mol.